The molecule has 0 aliphatic rings. The van der Waals surface area contributed by atoms with Gasteiger partial charge in [-0.15, -0.1) is 0 Å². The number of esters is 1. The summed E-state index contributed by atoms with van der Waals surface area (Å²) in [5, 5.41) is 17.2. The zero-order valence-corrected chi connectivity index (χ0v) is 23.2. The quantitative estimate of drug-likeness (QED) is 0.100. The van der Waals surface area contributed by atoms with E-state index in [0.717, 1.165) is 0 Å². The zero-order valence-electron chi connectivity index (χ0n) is 23.2. The Hall–Kier alpha value is -5.66. The normalized spacial score (nSPS) is 10.5. The van der Waals surface area contributed by atoms with Crippen molar-refractivity contribution >= 4 is 29.7 Å². The highest BCUT2D eigenvalue weighted by molar-refractivity contribution is 5.97. The SMILES string of the molecule is CCOc1cc(/C=N\NC(=O)CNC(=O)c2cc(OC)c(OC)c(OC)c2)ccc1OC(=O)c1ccc([N+](=O)[O-])cc1. The predicted molar refractivity (Wildman–Crippen MR) is 150 cm³/mol. The number of methoxy groups -OCH3 is 3. The predicted octanol–water partition coefficient (Wildman–Crippen LogP) is 3.12. The van der Waals surface area contributed by atoms with Crippen LogP contribution in [0.15, 0.2) is 59.7 Å². The maximum atomic E-state index is 12.6. The second-order valence-corrected chi connectivity index (χ2v) is 8.22. The third-order valence-corrected chi connectivity index (χ3v) is 5.52. The minimum atomic E-state index is -0.729. The van der Waals surface area contributed by atoms with Crippen LogP contribution in [0.4, 0.5) is 5.69 Å². The van der Waals surface area contributed by atoms with Gasteiger partial charge in [0.2, 0.25) is 5.75 Å². The maximum Gasteiger partial charge on any atom is 0.343 e. The Bertz CT molecular complexity index is 1460. The number of amides is 2. The van der Waals surface area contributed by atoms with Gasteiger partial charge < -0.3 is 29.0 Å². The molecule has 14 heteroatoms. The van der Waals surface area contributed by atoms with E-state index >= 15 is 0 Å². The molecule has 0 bridgehead atoms. The molecular formula is C28H28N4O10. The van der Waals surface area contributed by atoms with E-state index in [2.05, 4.69) is 15.8 Å². The Morgan fingerprint density at radius 2 is 1.55 bits per heavy atom. The molecule has 0 saturated carbocycles. The smallest absolute Gasteiger partial charge is 0.343 e. The number of nitro groups is 1. The number of nitro benzene ring substituents is 1. The van der Waals surface area contributed by atoms with Crippen LogP contribution in [0.3, 0.4) is 0 Å². The molecule has 2 amide bonds. The fourth-order valence-electron chi connectivity index (χ4n) is 3.53. The molecule has 3 rings (SSSR count). The molecule has 3 aromatic carbocycles. The van der Waals surface area contributed by atoms with Gasteiger partial charge >= 0.3 is 5.97 Å². The summed E-state index contributed by atoms with van der Waals surface area (Å²) < 4.78 is 26.7. The maximum absolute atomic E-state index is 12.6. The Morgan fingerprint density at radius 3 is 2.12 bits per heavy atom. The second kappa shape index (κ2) is 14.6. The van der Waals surface area contributed by atoms with Crippen LogP contribution in [0.1, 0.15) is 33.2 Å². The van der Waals surface area contributed by atoms with Crippen LogP contribution in [0.25, 0.3) is 0 Å². The molecule has 0 aliphatic carbocycles. The van der Waals surface area contributed by atoms with Crippen molar-refractivity contribution in [3.63, 3.8) is 0 Å². The summed E-state index contributed by atoms with van der Waals surface area (Å²) in [5.74, 6) is -0.611. The highest BCUT2D eigenvalue weighted by atomic mass is 16.6. The van der Waals surface area contributed by atoms with Gasteiger partial charge in [0.15, 0.2) is 23.0 Å². The Morgan fingerprint density at radius 1 is 0.881 bits per heavy atom. The van der Waals surface area contributed by atoms with Crippen LogP contribution < -0.4 is 34.4 Å². The lowest BCUT2D eigenvalue weighted by molar-refractivity contribution is -0.384. The van der Waals surface area contributed by atoms with Gasteiger partial charge in [-0.05, 0) is 55.0 Å². The number of benzene rings is 3. The van der Waals surface area contributed by atoms with Crippen molar-refractivity contribution in [3.05, 3.63) is 81.4 Å². The van der Waals surface area contributed by atoms with E-state index in [-0.39, 0.29) is 53.0 Å². The van der Waals surface area contributed by atoms with Gasteiger partial charge in [-0.2, -0.15) is 5.10 Å². The Balaban J connectivity index is 1.59. The number of hydrogen-bond acceptors (Lipinski definition) is 11. The average molecular weight is 581 g/mol. The van der Waals surface area contributed by atoms with Crippen molar-refractivity contribution in [1.29, 1.82) is 0 Å². The molecule has 0 spiro atoms. The Labute approximate surface area is 240 Å². The fraction of sp³-hybridized carbons (Fsp3) is 0.214. The number of carbonyl (C=O) groups excluding carboxylic acids is 3. The van der Waals surface area contributed by atoms with E-state index in [1.165, 1.54) is 70.0 Å². The molecule has 0 atom stereocenters. The van der Waals surface area contributed by atoms with Gasteiger partial charge in [0.1, 0.15) is 0 Å². The summed E-state index contributed by atoms with van der Waals surface area (Å²) in [5.41, 5.74) is 2.97. The van der Waals surface area contributed by atoms with Crippen molar-refractivity contribution in [2.45, 2.75) is 6.92 Å². The van der Waals surface area contributed by atoms with Crippen LogP contribution in [0.5, 0.6) is 28.7 Å². The van der Waals surface area contributed by atoms with Crippen LogP contribution in [-0.2, 0) is 4.79 Å². The third-order valence-electron chi connectivity index (χ3n) is 5.52. The van der Waals surface area contributed by atoms with Crippen molar-refractivity contribution in [2.24, 2.45) is 5.10 Å². The van der Waals surface area contributed by atoms with E-state index < -0.39 is 22.7 Å². The van der Waals surface area contributed by atoms with E-state index in [1.807, 2.05) is 0 Å². The average Bonchev–Trinajstić information content (AvgIpc) is 3.00. The number of nitrogens with zero attached hydrogens (tertiary/aromatic N) is 2. The molecule has 3 aromatic rings. The molecule has 0 fully saturated rings. The lowest BCUT2D eigenvalue weighted by Gasteiger charge is -2.14. The summed E-state index contributed by atoms with van der Waals surface area (Å²) in [7, 11) is 4.28. The van der Waals surface area contributed by atoms with Gasteiger partial charge in [-0.1, -0.05) is 0 Å². The zero-order chi connectivity index (χ0) is 30.6. The lowest BCUT2D eigenvalue weighted by atomic mass is 10.1. The van der Waals surface area contributed by atoms with Gasteiger partial charge in [0, 0.05) is 17.7 Å². The van der Waals surface area contributed by atoms with Crippen molar-refractivity contribution < 1.29 is 43.0 Å². The number of non-ortho nitro benzene ring substituents is 1. The molecule has 14 nitrogen and oxygen atoms in total. The van der Waals surface area contributed by atoms with Gasteiger partial charge in [0.05, 0.1) is 51.2 Å². The third kappa shape index (κ3) is 7.94. The van der Waals surface area contributed by atoms with Crippen molar-refractivity contribution in [1.82, 2.24) is 10.7 Å². The lowest BCUT2D eigenvalue weighted by Crippen LogP contribution is -2.34. The summed E-state index contributed by atoms with van der Waals surface area (Å²) in [4.78, 5) is 47.5. The summed E-state index contributed by atoms with van der Waals surface area (Å²) in [6, 6.07) is 12.5. The number of carbonyl (C=O) groups is 3. The molecule has 0 aliphatic heterocycles. The van der Waals surface area contributed by atoms with Crippen LogP contribution in [-0.4, -0.2) is 63.4 Å². The summed E-state index contributed by atoms with van der Waals surface area (Å²) in [6.07, 6.45) is 1.34. The molecule has 0 saturated heterocycles. The molecule has 42 heavy (non-hydrogen) atoms. The molecule has 0 aromatic heterocycles. The van der Waals surface area contributed by atoms with E-state index in [9.17, 15) is 24.5 Å². The van der Waals surface area contributed by atoms with E-state index in [4.69, 9.17) is 23.7 Å². The number of ether oxygens (including phenoxy) is 5. The van der Waals surface area contributed by atoms with Gasteiger partial charge in [0.25, 0.3) is 17.5 Å². The highest BCUT2D eigenvalue weighted by Gasteiger charge is 2.18. The summed E-state index contributed by atoms with van der Waals surface area (Å²) >= 11 is 0. The van der Waals surface area contributed by atoms with Gasteiger partial charge in [-0.3, -0.25) is 19.7 Å². The first-order valence-electron chi connectivity index (χ1n) is 12.3. The Kier molecular flexibility index (Phi) is 10.8. The number of hydrazone groups is 1. The van der Waals surface area contributed by atoms with Gasteiger partial charge in [-0.25, -0.2) is 10.2 Å². The second-order valence-electron chi connectivity index (χ2n) is 8.22. The monoisotopic (exact) mass is 580 g/mol. The number of rotatable bonds is 13. The molecular weight excluding hydrogens is 552 g/mol. The van der Waals surface area contributed by atoms with Crippen molar-refractivity contribution in [2.75, 3.05) is 34.5 Å². The minimum Gasteiger partial charge on any atom is -0.493 e. The molecule has 0 radical (unpaired) electrons. The molecule has 220 valence electrons. The van der Waals surface area contributed by atoms with E-state index in [1.54, 1.807) is 19.1 Å². The first kappa shape index (κ1) is 30.9. The largest absolute Gasteiger partial charge is 0.493 e. The van der Waals surface area contributed by atoms with Crippen LogP contribution in [0.2, 0.25) is 0 Å². The van der Waals surface area contributed by atoms with E-state index in [0.29, 0.717) is 11.3 Å². The molecule has 0 unspecified atom stereocenters. The number of nitrogens with one attached hydrogen (secondary N) is 2. The molecule has 0 heterocycles. The minimum absolute atomic E-state index is 0.119. The fourth-order valence-corrected chi connectivity index (χ4v) is 3.53. The summed E-state index contributed by atoms with van der Waals surface area (Å²) in [6.45, 7) is 1.65. The first-order chi connectivity index (χ1) is 20.2. The standard InChI is InChI=1S/C28H28N4O10/c1-5-41-22-12-17(6-11-21(22)42-28(35)18-7-9-20(10-8-18)32(36)37)15-30-31-25(33)16-29-27(34)19-13-23(38-2)26(40-4)24(14-19)39-3/h6-15H,5,16H2,1-4H3,(H,29,34)(H,31,33)/b30-15-. The number of hydrogen-bond donors (Lipinski definition) is 2. The first-order valence-corrected chi connectivity index (χ1v) is 12.3. The van der Waals surface area contributed by atoms with Crippen LogP contribution in [0, 0.1) is 10.1 Å². The highest BCUT2D eigenvalue weighted by Crippen LogP contribution is 2.38. The van der Waals surface area contributed by atoms with Crippen LogP contribution >= 0.6 is 0 Å². The molecule has 2 N–H and O–H groups in total. The topological polar surface area (TPSA) is 177 Å². The van der Waals surface area contributed by atoms with Crippen molar-refractivity contribution in [3.8, 4) is 28.7 Å².